The minimum Gasteiger partial charge on any atom is -0.494 e. The monoisotopic (exact) mass is 450 g/mol. The van der Waals surface area contributed by atoms with Crippen molar-refractivity contribution >= 4 is 22.7 Å². The van der Waals surface area contributed by atoms with Crippen molar-refractivity contribution in [3.05, 3.63) is 70.6 Å². The molecule has 0 aliphatic carbocycles. The van der Waals surface area contributed by atoms with Crippen LogP contribution in [0.5, 0.6) is 5.75 Å². The summed E-state index contributed by atoms with van der Waals surface area (Å²) in [6.07, 6.45) is 0. The molecular weight excluding hydrogens is 424 g/mol. The Bertz CT molecular complexity index is 1290. The van der Waals surface area contributed by atoms with Crippen LogP contribution in [0.25, 0.3) is 16.6 Å². The Kier molecular flexibility index (Phi) is 6.06. The van der Waals surface area contributed by atoms with E-state index in [0.29, 0.717) is 40.1 Å². The minimum atomic E-state index is -0.211. The Balaban J connectivity index is 1.78. The molecule has 2 aromatic heterocycles. The van der Waals surface area contributed by atoms with Crippen molar-refractivity contribution in [1.29, 1.82) is 0 Å². The molecule has 7 nitrogen and oxygen atoms in total. The number of aromatic nitrogens is 4. The predicted molar refractivity (Wildman–Crippen MR) is 126 cm³/mol. The van der Waals surface area contributed by atoms with Crippen molar-refractivity contribution in [2.45, 2.75) is 50.4 Å². The largest absolute Gasteiger partial charge is 0.494 e. The molecular formula is C24H26N4O3S. The van der Waals surface area contributed by atoms with E-state index in [0.717, 1.165) is 5.75 Å². The van der Waals surface area contributed by atoms with E-state index in [1.165, 1.54) is 11.8 Å². The van der Waals surface area contributed by atoms with Crippen LogP contribution in [0.4, 0.5) is 0 Å². The Morgan fingerprint density at radius 1 is 1.09 bits per heavy atom. The number of thioether (sulfide) groups is 1. The number of nitrogens with zero attached hydrogens (tertiary/aromatic N) is 4. The van der Waals surface area contributed by atoms with Crippen LogP contribution in [0, 0.1) is 0 Å². The number of rotatable bonds is 6. The van der Waals surface area contributed by atoms with Gasteiger partial charge in [0.05, 0.1) is 28.4 Å². The molecule has 0 fully saturated rings. The summed E-state index contributed by atoms with van der Waals surface area (Å²) < 4.78 is 12.7. The van der Waals surface area contributed by atoms with Gasteiger partial charge in [-0.2, -0.15) is 4.98 Å². The lowest BCUT2D eigenvalue weighted by atomic mass is 9.96. The summed E-state index contributed by atoms with van der Waals surface area (Å²) >= 11 is 1.41. The van der Waals surface area contributed by atoms with Gasteiger partial charge >= 0.3 is 0 Å². The summed E-state index contributed by atoms with van der Waals surface area (Å²) in [7, 11) is 0. The summed E-state index contributed by atoms with van der Waals surface area (Å²) in [6.45, 7) is 10.6. The molecule has 166 valence electrons. The van der Waals surface area contributed by atoms with Crippen molar-refractivity contribution in [1.82, 2.24) is 19.7 Å². The van der Waals surface area contributed by atoms with Gasteiger partial charge in [0.25, 0.3) is 5.56 Å². The molecule has 0 radical (unpaired) electrons. The Hall–Kier alpha value is -3.13. The van der Waals surface area contributed by atoms with E-state index in [2.05, 4.69) is 10.1 Å². The first-order chi connectivity index (χ1) is 15.3. The van der Waals surface area contributed by atoms with E-state index < -0.39 is 0 Å². The quantitative estimate of drug-likeness (QED) is 0.290. The maximum atomic E-state index is 13.4. The standard InChI is InChI=1S/C24H26N4O3S/c1-6-30-17-13-11-16(12-14-17)28-21(29)18-9-7-8-10-19(18)25-23(28)32-15(2)20-26-22(27-31-20)24(3,4)5/h7-15H,6H2,1-5H3. The first-order valence-corrected chi connectivity index (χ1v) is 11.4. The third-order valence-electron chi connectivity index (χ3n) is 4.89. The average Bonchev–Trinajstić information content (AvgIpc) is 3.26. The average molecular weight is 451 g/mol. The number of ether oxygens (including phenoxy) is 1. The molecule has 32 heavy (non-hydrogen) atoms. The smallest absolute Gasteiger partial charge is 0.266 e. The van der Waals surface area contributed by atoms with Gasteiger partial charge in [0.1, 0.15) is 5.75 Å². The van der Waals surface area contributed by atoms with E-state index in [-0.39, 0.29) is 16.2 Å². The Morgan fingerprint density at radius 3 is 2.47 bits per heavy atom. The molecule has 1 unspecified atom stereocenters. The third kappa shape index (κ3) is 4.41. The van der Waals surface area contributed by atoms with Crippen LogP contribution in [-0.2, 0) is 5.41 Å². The van der Waals surface area contributed by atoms with Gasteiger partial charge in [0.2, 0.25) is 5.89 Å². The maximum Gasteiger partial charge on any atom is 0.266 e. The number of hydrogen-bond acceptors (Lipinski definition) is 7. The highest BCUT2D eigenvalue weighted by atomic mass is 32.2. The van der Waals surface area contributed by atoms with Crippen LogP contribution in [0.15, 0.2) is 63.0 Å². The van der Waals surface area contributed by atoms with Gasteiger partial charge in [0.15, 0.2) is 11.0 Å². The summed E-state index contributed by atoms with van der Waals surface area (Å²) in [5, 5.41) is 5.05. The zero-order valence-corrected chi connectivity index (χ0v) is 19.6. The molecule has 0 saturated carbocycles. The lowest BCUT2D eigenvalue weighted by Crippen LogP contribution is -2.22. The van der Waals surface area contributed by atoms with Gasteiger partial charge < -0.3 is 9.26 Å². The van der Waals surface area contributed by atoms with E-state index in [9.17, 15) is 4.79 Å². The van der Waals surface area contributed by atoms with Gasteiger partial charge in [-0.15, -0.1) is 0 Å². The van der Waals surface area contributed by atoms with Gasteiger partial charge in [-0.3, -0.25) is 9.36 Å². The normalized spacial score (nSPS) is 12.8. The molecule has 8 heteroatoms. The van der Waals surface area contributed by atoms with Crippen molar-refractivity contribution in [3.8, 4) is 11.4 Å². The molecule has 0 saturated heterocycles. The Morgan fingerprint density at radius 2 is 1.81 bits per heavy atom. The van der Waals surface area contributed by atoms with Crippen LogP contribution >= 0.6 is 11.8 Å². The van der Waals surface area contributed by atoms with Crippen molar-refractivity contribution in [2.24, 2.45) is 0 Å². The van der Waals surface area contributed by atoms with E-state index in [4.69, 9.17) is 14.2 Å². The fourth-order valence-electron chi connectivity index (χ4n) is 3.19. The molecule has 0 aliphatic heterocycles. The Labute approximate surface area is 190 Å². The topological polar surface area (TPSA) is 83.0 Å². The summed E-state index contributed by atoms with van der Waals surface area (Å²) in [4.78, 5) is 22.8. The van der Waals surface area contributed by atoms with Crippen LogP contribution in [-0.4, -0.2) is 26.3 Å². The molecule has 0 N–H and O–H groups in total. The lowest BCUT2D eigenvalue weighted by Gasteiger charge is -2.15. The molecule has 0 aliphatic rings. The van der Waals surface area contributed by atoms with Crippen molar-refractivity contribution in [2.75, 3.05) is 6.61 Å². The highest BCUT2D eigenvalue weighted by Crippen LogP contribution is 2.35. The van der Waals surface area contributed by atoms with Crippen LogP contribution in [0.2, 0.25) is 0 Å². The van der Waals surface area contributed by atoms with Gasteiger partial charge in [-0.25, -0.2) is 4.98 Å². The number of benzene rings is 2. The fourth-order valence-corrected chi connectivity index (χ4v) is 4.15. The van der Waals surface area contributed by atoms with Crippen LogP contribution in [0.1, 0.15) is 51.6 Å². The molecule has 2 heterocycles. The predicted octanol–water partition coefficient (Wildman–Crippen LogP) is 5.32. The van der Waals surface area contributed by atoms with Gasteiger partial charge in [0, 0.05) is 5.41 Å². The van der Waals surface area contributed by atoms with E-state index in [1.54, 1.807) is 10.6 Å². The zero-order valence-electron chi connectivity index (χ0n) is 18.8. The molecule has 0 amide bonds. The first kappa shape index (κ1) is 22.1. The number of fused-ring (bicyclic) bond motifs is 1. The van der Waals surface area contributed by atoms with Crippen molar-refractivity contribution in [3.63, 3.8) is 0 Å². The highest BCUT2D eigenvalue weighted by Gasteiger charge is 2.25. The van der Waals surface area contributed by atoms with Crippen molar-refractivity contribution < 1.29 is 9.26 Å². The zero-order chi connectivity index (χ0) is 22.9. The second kappa shape index (κ2) is 8.78. The number of para-hydroxylation sites is 1. The molecule has 0 spiro atoms. The summed E-state index contributed by atoms with van der Waals surface area (Å²) in [5.41, 5.74) is 1.02. The first-order valence-electron chi connectivity index (χ1n) is 10.5. The van der Waals surface area contributed by atoms with E-state index >= 15 is 0 Å². The molecule has 4 aromatic rings. The molecule has 1 atom stereocenters. The highest BCUT2D eigenvalue weighted by molar-refractivity contribution is 7.99. The van der Waals surface area contributed by atoms with Gasteiger partial charge in [-0.05, 0) is 50.2 Å². The minimum absolute atomic E-state index is 0.129. The second-order valence-corrected chi connectivity index (χ2v) is 9.75. The maximum absolute atomic E-state index is 13.4. The molecule has 2 aromatic carbocycles. The molecule has 0 bridgehead atoms. The lowest BCUT2D eigenvalue weighted by molar-refractivity contribution is 0.340. The summed E-state index contributed by atoms with van der Waals surface area (Å²) in [6, 6.07) is 14.8. The SMILES string of the molecule is CCOc1ccc(-n2c(SC(C)c3nc(C(C)(C)C)no3)nc3ccccc3c2=O)cc1. The van der Waals surface area contributed by atoms with E-state index in [1.807, 2.05) is 77.1 Å². The second-order valence-electron chi connectivity index (χ2n) is 8.45. The number of hydrogen-bond donors (Lipinski definition) is 0. The van der Waals surface area contributed by atoms with Crippen LogP contribution in [0.3, 0.4) is 0 Å². The molecule has 4 rings (SSSR count). The van der Waals surface area contributed by atoms with Crippen LogP contribution < -0.4 is 10.3 Å². The van der Waals surface area contributed by atoms with Gasteiger partial charge in [-0.1, -0.05) is 49.8 Å². The summed E-state index contributed by atoms with van der Waals surface area (Å²) in [5.74, 6) is 1.90. The fraction of sp³-hybridized carbons (Fsp3) is 0.333. The third-order valence-corrected chi connectivity index (χ3v) is 5.93.